The Kier molecular flexibility index (Phi) is 4.75. The second kappa shape index (κ2) is 7.33. The van der Waals surface area contributed by atoms with Gasteiger partial charge in [0.15, 0.2) is 5.65 Å². The van der Waals surface area contributed by atoms with E-state index in [-0.39, 0.29) is 12.1 Å². The Balaban J connectivity index is 1.40. The summed E-state index contributed by atoms with van der Waals surface area (Å²) in [5.41, 5.74) is 1.23. The van der Waals surface area contributed by atoms with Crippen molar-refractivity contribution in [3.8, 4) is 5.75 Å². The molecule has 3 heterocycles. The zero-order chi connectivity index (χ0) is 17.9. The quantitative estimate of drug-likeness (QED) is 0.706. The molecule has 0 saturated carbocycles. The molecule has 1 fully saturated rings. The number of fused-ring (bicyclic) bond motifs is 1. The standard InChI is InChI=1S/C18H18BrN5O2/c19-13-4-6-15(7-5-13)26-12-14-3-1-9-23(14)18(25)22-16-11-21-24-10-2-8-20-17(16)24/h2,4-8,10-11,14H,1,3,9,12H2,(H,22,25)/t14-/m0/s1. The van der Waals surface area contributed by atoms with Crippen LogP contribution in [0.2, 0.25) is 0 Å². The number of aromatic nitrogens is 3. The summed E-state index contributed by atoms with van der Waals surface area (Å²) in [5, 5.41) is 7.11. The SMILES string of the molecule is O=C(Nc1cnn2cccnc12)N1CCC[C@H]1COc1ccc(Br)cc1. The second-order valence-electron chi connectivity index (χ2n) is 6.13. The number of halogens is 1. The molecular formula is C18H18BrN5O2. The van der Waals surface area contributed by atoms with Crippen LogP contribution < -0.4 is 10.1 Å². The number of carbonyl (C=O) groups is 1. The van der Waals surface area contributed by atoms with E-state index in [0.717, 1.165) is 23.1 Å². The van der Waals surface area contributed by atoms with Gasteiger partial charge in [0, 0.05) is 23.4 Å². The number of benzene rings is 1. The summed E-state index contributed by atoms with van der Waals surface area (Å²) >= 11 is 3.41. The van der Waals surface area contributed by atoms with Crippen molar-refractivity contribution in [1.29, 1.82) is 0 Å². The number of ether oxygens (including phenoxy) is 1. The minimum atomic E-state index is -0.146. The molecule has 0 bridgehead atoms. The Bertz CT molecular complexity index is 911. The molecule has 0 aliphatic carbocycles. The van der Waals surface area contributed by atoms with Gasteiger partial charge < -0.3 is 15.0 Å². The fourth-order valence-electron chi connectivity index (χ4n) is 3.10. The number of nitrogens with one attached hydrogen (secondary N) is 1. The van der Waals surface area contributed by atoms with Gasteiger partial charge in [-0.2, -0.15) is 5.10 Å². The molecular weight excluding hydrogens is 398 g/mol. The summed E-state index contributed by atoms with van der Waals surface area (Å²) in [6.45, 7) is 1.19. The van der Waals surface area contributed by atoms with Gasteiger partial charge in [-0.1, -0.05) is 15.9 Å². The summed E-state index contributed by atoms with van der Waals surface area (Å²) in [5.74, 6) is 0.798. The van der Waals surface area contributed by atoms with Gasteiger partial charge >= 0.3 is 6.03 Å². The number of likely N-dealkylation sites (tertiary alicyclic amines) is 1. The first-order chi connectivity index (χ1) is 12.7. The molecule has 134 valence electrons. The largest absolute Gasteiger partial charge is 0.491 e. The molecule has 0 radical (unpaired) electrons. The summed E-state index contributed by atoms with van der Waals surface area (Å²) in [4.78, 5) is 18.8. The van der Waals surface area contributed by atoms with E-state index in [1.807, 2.05) is 29.2 Å². The molecule has 3 aromatic rings. The average molecular weight is 416 g/mol. The van der Waals surface area contributed by atoms with Crippen LogP contribution in [0.15, 0.2) is 53.4 Å². The van der Waals surface area contributed by atoms with E-state index < -0.39 is 0 Å². The van der Waals surface area contributed by atoms with Crippen molar-refractivity contribution >= 4 is 33.3 Å². The van der Waals surface area contributed by atoms with Gasteiger partial charge in [-0.25, -0.2) is 14.3 Å². The molecule has 1 aliphatic heterocycles. The van der Waals surface area contributed by atoms with E-state index in [2.05, 4.69) is 31.3 Å². The number of carbonyl (C=O) groups excluding carboxylic acids is 1. The molecule has 1 N–H and O–H groups in total. The van der Waals surface area contributed by atoms with E-state index in [1.165, 1.54) is 0 Å². The van der Waals surface area contributed by atoms with E-state index in [9.17, 15) is 4.79 Å². The van der Waals surface area contributed by atoms with Crippen LogP contribution in [0, 0.1) is 0 Å². The molecule has 0 unspecified atom stereocenters. The van der Waals surface area contributed by atoms with Gasteiger partial charge in [-0.15, -0.1) is 0 Å². The van der Waals surface area contributed by atoms with Crippen LogP contribution >= 0.6 is 15.9 Å². The van der Waals surface area contributed by atoms with Crippen molar-refractivity contribution in [1.82, 2.24) is 19.5 Å². The fraction of sp³-hybridized carbons (Fsp3) is 0.278. The number of nitrogens with zero attached hydrogens (tertiary/aromatic N) is 4. The number of hydrogen-bond acceptors (Lipinski definition) is 4. The van der Waals surface area contributed by atoms with Crippen molar-refractivity contribution in [2.45, 2.75) is 18.9 Å². The third-order valence-corrected chi connectivity index (χ3v) is 4.94. The van der Waals surface area contributed by atoms with Crippen LogP contribution in [0.1, 0.15) is 12.8 Å². The Morgan fingerprint density at radius 1 is 1.35 bits per heavy atom. The highest BCUT2D eigenvalue weighted by atomic mass is 79.9. The second-order valence-corrected chi connectivity index (χ2v) is 7.05. The van der Waals surface area contributed by atoms with Crippen molar-refractivity contribution < 1.29 is 9.53 Å². The molecule has 1 aliphatic rings. The number of rotatable bonds is 4. The van der Waals surface area contributed by atoms with Crippen LogP contribution in [-0.2, 0) is 0 Å². The van der Waals surface area contributed by atoms with Gasteiger partial charge in [-0.3, -0.25) is 0 Å². The first kappa shape index (κ1) is 16.8. The first-order valence-electron chi connectivity index (χ1n) is 8.45. The van der Waals surface area contributed by atoms with Crippen LogP contribution in [0.25, 0.3) is 5.65 Å². The third-order valence-electron chi connectivity index (χ3n) is 4.41. The van der Waals surface area contributed by atoms with Gasteiger partial charge in [0.05, 0.1) is 12.2 Å². The number of hydrogen-bond donors (Lipinski definition) is 1. The molecule has 1 aromatic carbocycles. The lowest BCUT2D eigenvalue weighted by Gasteiger charge is -2.24. The van der Waals surface area contributed by atoms with Gasteiger partial charge in [-0.05, 0) is 43.2 Å². The first-order valence-corrected chi connectivity index (χ1v) is 9.24. The third kappa shape index (κ3) is 3.50. The van der Waals surface area contributed by atoms with Crippen molar-refractivity contribution in [2.75, 3.05) is 18.5 Å². The van der Waals surface area contributed by atoms with Crippen molar-refractivity contribution in [3.05, 3.63) is 53.4 Å². The average Bonchev–Trinajstić information content (AvgIpc) is 3.29. The Morgan fingerprint density at radius 3 is 3.04 bits per heavy atom. The number of amides is 2. The zero-order valence-electron chi connectivity index (χ0n) is 14.0. The maximum absolute atomic E-state index is 12.7. The van der Waals surface area contributed by atoms with E-state index in [0.29, 0.717) is 24.5 Å². The van der Waals surface area contributed by atoms with Crippen LogP contribution in [0.5, 0.6) is 5.75 Å². The predicted octanol–water partition coefficient (Wildman–Crippen LogP) is 3.57. The maximum atomic E-state index is 12.7. The van der Waals surface area contributed by atoms with Crippen molar-refractivity contribution in [2.24, 2.45) is 0 Å². The highest BCUT2D eigenvalue weighted by Crippen LogP contribution is 2.22. The molecule has 7 nitrogen and oxygen atoms in total. The van der Waals surface area contributed by atoms with Crippen LogP contribution in [0.3, 0.4) is 0 Å². The Morgan fingerprint density at radius 2 is 2.19 bits per heavy atom. The molecule has 8 heteroatoms. The minimum Gasteiger partial charge on any atom is -0.491 e. The summed E-state index contributed by atoms with van der Waals surface area (Å²) in [6, 6.07) is 9.39. The summed E-state index contributed by atoms with van der Waals surface area (Å²) in [6.07, 6.45) is 6.98. The highest BCUT2D eigenvalue weighted by Gasteiger charge is 2.29. The molecule has 1 saturated heterocycles. The van der Waals surface area contributed by atoms with Gasteiger partial charge in [0.25, 0.3) is 0 Å². The smallest absolute Gasteiger partial charge is 0.322 e. The molecule has 2 aromatic heterocycles. The molecule has 26 heavy (non-hydrogen) atoms. The monoisotopic (exact) mass is 415 g/mol. The highest BCUT2D eigenvalue weighted by molar-refractivity contribution is 9.10. The zero-order valence-corrected chi connectivity index (χ0v) is 15.6. The van der Waals surface area contributed by atoms with Gasteiger partial charge in [0.2, 0.25) is 0 Å². The Labute approximate surface area is 159 Å². The maximum Gasteiger partial charge on any atom is 0.322 e. The predicted molar refractivity (Wildman–Crippen MR) is 101 cm³/mol. The minimum absolute atomic E-state index is 0.0495. The van der Waals surface area contributed by atoms with E-state index >= 15 is 0 Å². The summed E-state index contributed by atoms with van der Waals surface area (Å²) in [7, 11) is 0. The normalized spacial score (nSPS) is 16.8. The lowest BCUT2D eigenvalue weighted by atomic mass is 10.2. The lowest BCUT2D eigenvalue weighted by molar-refractivity contribution is 0.176. The molecule has 2 amide bonds. The molecule has 0 spiro atoms. The lowest BCUT2D eigenvalue weighted by Crippen LogP contribution is -2.41. The molecule has 4 rings (SSSR count). The fourth-order valence-corrected chi connectivity index (χ4v) is 3.37. The van der Waals surface area contributed by atoms with Crippen LogP contribution in [0.4, 0.5) is 10.5 Å². The van der Waals surface area contributed by atoms with Gasteiger partial charge in [0.1, 0.15) is 18.0 Å². The molecule has 1 atom stereocenters. The van der Waals surface area contributed by atoms with E-state index in [1.54, 1.807) is 29.2 Å². The van der Waals surface area contributed by atoms with Crippen LogP contribution in [-0.4, -0.2) is 44.7 Å². The Hall–Kier alpha value is -2.61. The topological polar surface area (TPSA) is 71.8 Å². The number of urea groups is 1. The van der Waals surface area contributed by atoms with E-state index in [4.69, 9.17) is 4.74 Å². The van der Waals surface area contributed by atoms with Crippen molar-refractivity contribution in [3.63, 3.8) is 0 Å². The number of anilines is 1. The summed E-state index contributed by atoms with van der Waals surface area (Å²) < 4.78 is 8.50.